The number of morpholine rings is 1. The van der Waals surface area contributed by atoms with E-state index in [1.165, 1.54) is 12.1 Å². The molecule has 2 N–H and O–H groups in total. The first-order valence-corrected chi connectivity index (χ1v) is 17.6. The molecule has 0 radical (unpaired) electrons. The average molecular weight is 734 g/mol. The van der Waals surface area contributed by atoms with Gasteiger partial charge in [0.2, 0.25) is 0 Å². The molecule has 2 atom stereocenters. The number of thiocarbonyl (C=S) groups is 1. The second-order valence-corrected chi connectivity index (χ2v) is 14.8. The number of ether oxygens (including phenoxy) is 2. The van der Waals surface area contributed by atoms with Gasteiger partial charge in [-0.05, 0) is 85.8 Å². The highest BCUT2D eigenvalue weighted by atomic mass is 35.6. The Morgan fingerprint density at radius 2 is 1.81 bits per heavy atom. The summed E-state index contributed by atoms with van der Waals surface area (Å²) in [5, 5.41) is 6.88. The van der Waals surface area contributed by atoms with Crippen molar-refractivity contribution in [2.75, 3.05) is 56.2 Å². The number of anilines is 2. The van der Waals surface area contributed by atoms with E-state index in [4.69, 9.17) is 56.5 Å². The van der Waals surface area contributed by atoms with Crippen LogP contribution in [0.15, 0.2) is 91.0 Å². The molecule has 3 aromatic carbocycles. The fourth-order valence-electron chi connectivity index (χ4n) is 5.95. The molecule has 12 heteroatoms. The minimum Gasteiger partial charge on any atom is -0.493 e. The second-order valence-electron chi connectivity index (χ2n) is 12.1. The van der Waals surface area contributed by atoms with E-state index in [0.29, 0.717) is 37.5 Å². The molecule has 48 heavy (non-hydrogen) atoms. The third-order valence-corrected chi connectivity index (χ3v) is 9.35. The Labute approximate surface area is 302 Å². The molecule has 1 heterocycles. The predicted molar refractivity (Wildman–Crippen MR) is 197 cm³/mol. The van der Waals surface area contributed by atoms with Crippen molar-refractivity contribution in [3.05, 3.63) is 102 Å². The first-order chi connectivity index (χ1) is 23.1. The topological polar surface area (TPSA) is 66.1 Å². The van der Waals surface area contributed by atoms with Crippen molar-refractivity contribution in [3.8, 4) is 5.75 Å². The van der Waals surface area contributed by atoms with Gasteiger partial charge in [0.05, 0.1) is 25.4 Å². The van der Waals surface area contributed by atoms with Gasteiger partial charge in [-0.2, -0.15) is 0 Å². The lowest BCUT2D eigenvalue weighted by Crippen LogP contribution is -2.54. The number of benzene rings is 3. The van der Waals surface area contributed by atoms with Crippen molar-refractivity contribution in [1.29, 1.82) is 0 Å². The molecule has 1 fully saturated rings. The summed E-state index contributed by atoms with van der Waals surface area (Å²) in [5.41, 5.74) is 1.81. The number of hydrogen-bond donors (Lipinski definition) is 2. The van der Waals surface area contributed by atoms with Crippen molar-refractivity contribution in [2.45, 2.75) is 35.0 Å². The third kappa shape index (κ3) is 10.8. The predicted octanol–water partition coefficient (Wildman–Crippen LogP) is 7.56. The molecule has 1 aliphatic heterocycles. The largest absolute Gasteiger partial charge is 0.493 e. The van der Waals surface area contributed by atoms with E-state index < -0.39 is 15.2 Å². The average Bonchev–Trinajstić information content (AvgIpc) is 3.08. The summed E-state index contributed by atoms with van der Waals surface area (Å²) in [6.45, 7) is 5.63. The van der Waals surface area contributed by atoms with E-state index in [-0.39, 0.29) is 11.7 Å². The van der Waals surface area contributed by atoms with E-state index in [0.717, 1.165) is 62.0 Å². The minimum absolute atomic E-state index is 0.0737. The Balaban J connectivity index is 1.32. The summed E-state index contributed by atoms with van der Waals surface area (Å²) in [4.78, 5) is 17.3. The van der Waals surface area contributed by atoms with Crippen LogP contribution in [0.2, 0.25) is 0 Å². The summed E-state index contributed by atoms with van der Waals surface area (Å²) in [6, 6.07) is 24.0. The number of alkyl halides is 3. The summed E-state index contributed by atoms with van der Waals surface area (Å²) < 4.78 is 23.1. The van der Waals surface area contributed by atoms with E-state index in [1.807, 2.05) is 60.7 Å². The standard InChI is InChI=1S/C36H40Cl3FN4O3S/c37-36(38,39)33(45)42-35(25-27-10-12-29(40)13-11-27)16-14-28(15-17-35)26-44(34(48)41-30-6-2-1-3-7-30)31-8-4-9-32(24-31)47-21-5-18-43-19-22-46-23-20-43/h1-4,6-14,16,24,28H,5,15,17-23,25-26H2,(H,41,48)(H,42,45). The van der Waals surface area contributed by atoms with Gasteiger partial charge in [0.1, 0.15) is 11.6 Å². The molecule has 1 saturated heterocycles. The lowest BCUT2D eigenvalue weighted by atomic mass is 9.78. The van der Waals surface area contributed by atoms with Crippen molar-refractivity contribution in [1.82, 2.24) is 10.2 Å². The molecule has 1 aliphatic carbocycles. The van der Waals surface area contributed by atoms with Crippen molar-refractivity contribution in [3.63, 3.8) is 0 Å². The van der Waals surface area contributed by atoms with E-state index in [2.05, 4.69) is 26.5 Å². The van der Waals surface area contributed by atoms with Gasteiger partial charge < -0.3 is 25.0 Å². The van der Waals surface area contributed by atoms with Gasteiger partial charge >= 0.3 is 0 Å². The Kier molecular flexibility index (Phi) is 13.0. The number of para-hydroxylation sites is 1. The van der Waals surface area contributed by atoms with Crippen molar-refractivity contribution >= 4 is 69.4 Å². The molecule has 3 aromatic rings. The molecule has 0 saturated carbocycles. The maximum Gasteiger partial charge on any atom is 0.272 e. The second kappa shape index (κ2) is 17.1. The van der Waals surface area contributed by atoms with Gasteiger partial charge in [-0.15, -0.1) is 0 Å². The highest BCUT2D eigenvalue weighted by molar-refractivity contribution is 7.80. The van der Waals surface area contributed by atoms with E-state index in [1.54, 1.807) is 12.1 Å². The van der Waals surface area contributed by atoms with E-state index in [9.17, 15) is 9.18 Å². The lowest BCUT2D eigenvalue weighted by Gasteiger charge is -2.39. The van der Waals surface area contributed by atoms with Gasteiger partial charge in [-0.3, -0.25) is 9.69 Å². The van der Waals surface area contributed by atoms with Crippen LogP contribution >= 0.6 is 47.0 Å². The molecule has 0 bridgehead atoms. The molecule has 5 rings (SSSR count). The van der Waals surface area contributed by atoms with Gasteiger partial charge in [0.15, 0.2) is 5.11 Å². The number of hydrogen-bond acceptors (Lipinski definition) is 5. The highest BCUT2D eigenvalue weighted by Crippen LogP contribution is 2.34. The summed E-state index contributed by atoms with van der Waals surface area (Å²) in [5.74, 6) is -0.201. The zero-order chi connectivity index (χ0) is 34.0. The first kappa shape index (κ1) is 36.4. The lowest BCUT2D eigenvalue weighted by molar-refractivity contribution is -0.121. The molecule has 0 spiro atoms. The fourth-order valence-corrected chi connectivity index (χ4v) is 6.39. The number of halogens is 4. The molecule has 2 unspecified atom stereocenters. The number of amides is 1. The van der Waals surface area contributed by atoms with Crippen LogP contribution in [0.3, 0.4) is 0 Å². The molecule has 7 nitrogen and oxygen atoms in total. The van der Waals surface area contributed by atoms with Gasteiger partial charge in [0.25, 0.3) is 9.70 Å². The van der Waals surface area contributed by atoms with Gasteiger partial charge in [0, 0.05) is 43.6 Å². The Hall–Kier alpha value is -2.92. The number of carbonyl (C=O) groups excluding carboxylic acids is 1. The van der Waals surface area contributed by atoms with Crippen LogP contribution in [0, 0.1) is 11.7 Å². The smallest absolute Gasteiger partial charge is 0.272 e. The zero-order valence-corrected chi connectivity index (χ0v) is 29.6. The SMILES string of the molecule is O=C(NC1(Cc2ccc(F)cc2)C=CC(CN(C(=S)Nc2ccccc2)c2cccc(OCCCN3CCOCC3)c2)CC1)C(Cl)(Cl)Cl. The number of carbonyl (C=O) groups is 1. The summed E-state index contributed by atoms with van der Waals surface area (Å²) in [7, 11) is 0. The van der Waals surface area contributed by atoms with Crippen molar-refractivity contribution < 1.29 is 18.7 Å². The molecule has 0 aromatic heterocycles. The third-order valence-electron chi connectivity index (χ3n) is 8.51. The molecule has 256 valence electrons. The van der Waals surface area contributed by atoms with Crippen LogP contribution in [0.4, 0.5) is 15.8 Å². The number of nitrogens with zero attached hydrogens (tertiary/aromatic N) is 2. The number of rotatable bonds is 12. The van der Waals surface area contributed by atoms with Crippen LogP contribution in [0.5, 0.6) is 5.75 Å². The Morgan fingerprint density at radius 3 is 2.50 bits per heavy atom. The quantitative estimate of drug-likeness (QED) is 0.0863. The molecule has 1 amide bonds. The van der Waals surface area contributed by atoms with Crippen LogP contribution in [0.1, 0.15) is 24.8 Å². The summed E-state index contributed by atoms with van der Waals surface area (Å²) in [6.07, 6.45) is 6.65. The van der Waals surface area contributed by atoms with Crippen LogP contribution < -0.4 is 20.3 Å². The van der Waals surface area contributed by atoms with Gasteiger partial charge in [-0.1, -0.05) is 83.4 Å². The highest BCUT2D eigenvalue weighted by Gasteiger charge is 2.39. The van der Waals surface area contributed by atoms with Crippen LogP contribution in [0.25, 0.3) is 0 Å². The number of nitrogens with one attached hydrogen (secondary N) is 2. The maximum absolute atomic E-state index is 13.6. The Bertz CT molecular complexity index is 1540. The van der Waals surface area contributed by atoms with Crippen molar-refractivity contribution in [2.24, 2.45) is 5.92 Å². The monoisotopic (exact) mass is 732 g/mol. The van der Waals surface area contributed by atoms with Crippen LogP contribution in [-0.4, -0.2) is 71.3 Å². The van der Waals surface area contributed by atoms with Crippen LogP contribution in [-0.2, 0) is 16.0 Å². The fraction of sp³-hybridized carbons (Fsp3) is 0.389. The molecular weight excluding hydrogens is 694 g/mol. The van der Waals surface area contributed by atoms with E-state index >= 15 is 0 Å². The zero-order valence-electron chi connectivity index (χ0n) is 26.6. The molecular formula is C36H40Cl3FN4O3S. The summed E-state index contributed by atoms with van der Waals surface area (Å²) >= 11 is 23.8. The Morgan fingerprint density at radius 1 is 1.06 bits per heavy atom. The first-order valence-electron chi connectivity index (χ1n) is 16.1. The molecule has 2 aliphatic rings. The van der Waals surface area contributed by atoms with Gasteiger partial charge in [-0.25, -0.2) is 4.39 Å². The minimum atomic E-state index is -2.12. The normalized spacial score (nSPS) is 19.8. The maximum atomic E-state index is 13.6.